The van der Waals surface area contributed by atoms with Gasteiger partial charge in [0.1, 0.15) is 0 Å². The van der Waals surface area contributed by atoms with Crippen LogP contribution in [0.3, 0.4) is 0 Å². The molecule has 2 heteroatoms. The van der Waals surface area contributed by atoms with Gasteiger partial charge in [0.05, 0.1) is 5.54 Å². The van der Waals surface area contributed by atoms with Gasteiger partial charge in [0.25, 0.3) is 0 Å². The third-order valence-electron chi connectivity index (χ3n) is 4.37. The van der Waals surface area contributed by atoms with E-state index in [1.54, 1.807) is 0 Å². The maximum Gasteiger partial charge on any atom is 0.0673 e. The minimum absolute atomic E-state index is 0.0836. The molecule has 2 aromatic rings. The Bertz CT molecular complexity index is 649. The number of benzene rings is 2. The molecule has 0 amide bonds. The molecular formula is C16H14ClN. The van der Waals surface area contributed by atoms with Crippen LogP contribution in [0.15, 0.2) is 42.5 Å². The van der Waals surface area contributed by atoms with Crippen molar-refractivity contribution in [1.29, 1.82) is 0 Å². The van der Waals surface area contributed by atoms with Gasteiger partial charge in [-0.3, -0.25) is 5.32 Å². The zero-order valence-corrected chi connectivity index (χ0v) is 11.0. The first-order chi connectivity index (χ1) is 8.68. The molecule has 2 bridgehead atoms. The molecule has 4 rings (SSSR count). The summed E-state index contributed by atoms with van der Waals surface area (Å²) in [5.74, 6) is 0. The molecule has 0 saturated heterocycles. The van der Waals surface area contributed by atoms with Gasteiger partial charge in [0.15, 0.2) is 0 Å². The van der Waals surface area contributed by atoms with Gasteiger partial charge in [-0.1, -0.05) is 41.9 Å². The van der Waals surface area contributed by atoms with Crippen molar-refractivity contribution < 1.29 is 0 Å². The Labute approximate surface area is 112 Å². The second-order valence-corrected chi connectivity index (χ2v) is 5.85. The largest absolute Gasteiger partial charge is 0.297 e. The van der Waals surface area contributed by atoms with E-state index < -0.39 is 0 Å². The van der Waals surface area contributed by atoms with Gasteiger partial charge in [0, 0.05) is 11.1 Å². The molecule has 0 aromatic heterocycles. The predicted molar refractivity (Wildman–Crippen MR) is 73.9 cm³/mol. The smallest absolute Gasteiger partial charge is 0.0673 e. The van der Waals surface area contributed by atoms with E-state index in [1.165, 1.54) is 22.3 Å². The van der Waals surface area contributed by atoms with Gasteiger partial charge < -0.3 is 0 Å². The molecule has 2 unspecified atom stereocenters. The summed E-state index contributed by atoms with van der Waals surface area (Å²) < 4.78 is 0. The molecule has 90 valence electrons. The van der Waals surface area contributed by atoms with Crippen LogP contribution in [0.2, 0.25) is 5.02 Å². The van der Waals surface area contributed by atoms with Crippen molar-refractivity contribution in [2.45, 2.75) is 24.9 Å². The second kappa shape index (κ2) is 3.37. The van der Waals surface area contributed by atoms with Crippen LogP contribution in [-0.4, -0.2) is 0 Å². The summed E-state index contributed by atoms with van der Waals surface area (Å²) >= 11 is 6.18. The van der Waals surface area contributed by atoms with Crippen molar-refractivity contribution in [1.82, 2.24) is 5.32 Å². The molecule has 18 heavy (non-hydrogen) atoms. The van der Waals surface area contributed by atoms with Crippen LogP contribution in [0.5, 0.6) is 0 Å². The average molecular weight is 256 g/mol. The van der Waals surface area contributed by atoms with Crippen LogP contribution < -0.4 is 5.32 Å². The molecule has 2 atom stereocenters. The lowest BCUT2D eigenvalue weighted by Crippen LogP contribution is -2.41. The van der Waals surface area contributed by atoms with Crippen LogP contribution in [0.4, 0.5) is 0 Å². The zero-order valence-electron chi connectivity index (χ0n) is 10.2. The molecule has 0 fully saturated rings. The Hall–Kier alpha value is -1.31. The lowest BCUT2D eigenvalue weighted by Gasteiger charge is -2.34. The normalized spacial score (nSPS) is 27.8. The van der Waals surface area contributed by atoms with Crippen LogP contribution in [0.25, 0.3) is 0 Å². The summed E-state index contributed by atoms with van der Waals surface area (Å²) in [7, 11) is 0. The van der Waals surface area contributed by atoms with Crippen molar-refractivity contribution in [3.63, 3.8) is 0 Å². The highest BCUT2D eigenvalue weighted by molar-refractivity contribution is 6.30. The molecule has 0 saturated carbocycles. The van der Waals surface area contributed by atoms with Crippen molar-refractivity contribution in [2.75, 3.05) is 0 Å². The number of nitrogens with one attached hydrogen (secondary N) is 1. The Kier molecular flexibility index (Phi) is 1.98. The fraction of sp³-hybridized carbons (Fsp3) is 0.250. The van der Waals surface area contributed by atoms with Gasteiger partial charge in [0.2, 0.25) is 0 Å². The molecule has 2 aliphatic rings. The van der Waals surface area contributed by atoms with Gasteiger partial charge in [-0.25, -0.2) is 0 Å². The standard InChI is InChI=1S/C16H14ClN/c1-16-13-5-3-2-4-10(13)8-15(18-16)12-7-6-11(17)9-14(12)16/h2-7,9,15,18H,8H2,1H3. The minimum Gasteiger partial charge on any atom is -0.297 e. The fourth-order valence-electron chi connectivity index (χ4n) is 3.56. The summed E-state index contributed by atoms with van der Waals surface area (Å²) in [6, 6.07) is 15.4. The van der Waals surface area contributed by atoms with Crippen LogP contribution in [0.1, 0.15) is 35.2 Å². The number of hydrogen-bond donors (Lipinski definition) is 1. The third-order valence-corrected chi connectivity index (χ3v) is 4.61. The highest BCUT2D eigenvalue weighted by Gasteiger charge is 2.45. The number of rotatable bonds is 0. The first-order valence-corrected chi connectivity index (χ1v) is 6.72. The van der Waals surface area contributed by atoms with Crippen LogP contribution in [-0.2, 0) is 12.0 Å². The van der Waals surface area contributed by atoms with Crippen molar-refractivity contribution >= 4 is 11.6 Å². The van der Waals surface area contributed by atoms with E-state index in [0.29, 0.717) is 6.04 Å². The van der Waals surface area contributed by atoms with Gasteiger partial charge >= 0.3 is 0 Å². The zero-order chi connectivity index (χ0) is 12.3. The number of halogens is 1. The Balaban J connectivity index is 2.04. The highest BCUT2D eigenvalue weighted by Crippen LogP contribution is 2.48. The van der Waals surface area contributed by atoms with E-state index >= 15 is 0 Å². The number of hydrogen-bond acceptors (Lipinski definition) is 1. The molecule has 1 nitrogen and oxygen atoms in total. The van der Waals surface area contributed by atoms with Crippen molar-refractivity contribution in [2.24, 2.45) is 0 Å². The van der Waals surface area contributed by atoms with Gasteiger partial charge in [-0.2, -0.15) is 0 Å². The minimum atomic E-state index is -0.0836. The molecule has 0 spiro atoms. The quantitative estimate of drug-likeness (QED) is 0.755. The SMILES string of the molecule is CC12NC(Cc3ccccc31)c1ccc(Cl)cc12. The second-order valence-electron chi connectivity index (χ2n) is 5.41. The lowest BCUT2D eigenvalue weighted by molar-refractivity contribution is 0.389. The van der Waals surface area contributed by atoms with Crippen LogP contribution in [0, 0.1) is 0 Å². The first-order valence-electron chi connectivity index (χ1n) is 6.34. The molecule has 2 heterocycles. The molecular weight excluding hydrogens is 242 g/mol. The molecule has 0 aliphatic carbocycles. The van der Waals surface area contributed by atoms with E-state index in [0.717, 1.165) is 11.4 Å². The van der Waals surface area contributed by atoms with E-state index in [9.17, 15) is 0 Å². The Morgan fingerprint density at radius 2 is 2.00 bits per heavy atom. The van der Waals surface area contributed by atoms with Crippen molar-refractivity contribution in [3.05, 3.63) is 69.7 Å². The van der Waals surface area contributed by atoms with E-state index in [4.69, 9.17) is 11.6 Å². The molecule has 2 aliphatic heterocycles. The summed E-state index contributed by atoms with van der Waals surface area (Å²) in [6.45, 7) is 2.26. The van der Waals surface area contributed by atoms with Crippen LogP contribution >= 0.6 is 11.6 Å². The third kappa shape index (κ3) is 1.21. The lowest BCUT2D eigenvalue weighted by atomic mass is 9.82. The highest BCUT2D eigenvalue weighted by atomic mass is 35.5. The Morgan fingerprint density at radius 1 is 1.17 bits per heavy atom. The Morgan fingerprint density at radius 3 is 2.89 bits per heavy atom. The molecule has 0 radical (unpaired) electrons. The topological polar surface area (TPSA) is 12.0 Å². The summed E-state index contributed by atoms with van der Waals surface area (Å²) in [4.78, 5) is 0. The summed E-state index contributed by atoms with van der Waals surface area (Å²) in [6.07, 6.45) is 1.07. The van der Waals surface area contributed by atoms with E-state index in [1.807, 2.05) is 6.07 Å². The van der Waals surface area contributed by atoms with Crippen molar-refractivity contribution in [3.8, 4) is 0 Å². The molecule has 1 N–H and O–H groups in total. The van der Waals surface area contributed by atoms with Gasteiger partial charge in [-0.15, -0.1) is 0 Å². The van der Waals surface area contributed by atoms with Gasteiger partial charge in [-0.05, 0) is 47.7 Å². The average Bonchev–Trinajstić information content (AvgIpc) is 2.59. The fourth-order valence-corrected chi connectivity index (χ4v) is 3.73. The first kappa shape index (κ1) is 10.6. The maximum absolute atomic E-state index is 6.18. The number of fused-ring (bicyclic) bond motifs is 7. The summed E-state index contributed by atoms with van der Waals surface area (Å²) in [5.41, 5.74) is 5.50. The maximum atomic E-state index is 6.18. The monoisotopic (exact) mass is 255 g/mol. The summed E-state index contributed by atoms with van der Waals surface area (Å²) in [5, 5.41) is 4.58. The van der Waals surface area contributed by atoms with E-state index in [-0.39, 0.29) is 5.54 Å². The molecule has 2 aromatic carbocycles. The van der Waals surface area contributed by atoms with E-state index in [2.05, 4.69) is 48.6 Å². The predicted octanol–water partition coefficient (Wildman–Crippen LogP) is 3.80.